The van der Waals surface area contributed by atoms with Crippen molar-refractivity contribution in [2.45, 2.75) is 6.42 Å². The lowest BCUT2D eigenvalue weighted by molar-refractivity contribution is -0.146. The summed E-state index contributed by atoms with van der Waals surface area (Å²) in [5, 5.41) is 0.754. The van der Waals surface area contributed by atoms with E-state index in [9.17, 15) is 14.4 Å². The first kappa shape index (κ1) is 19.2. The van der Waals surface area contributed by atoms with E-state index in [1.807, 2.05) is 0 Å². The fourth-order valence-corrected chi connectivity index (χ4v) is 3.08. The molecule has 27 heavy (non-hydrogen) atoms. The number of nitrogens with zero attached hydrogens (tertiary/aromatic N) is 1. The van der Waals surface area contributed by atoms with Crippen LogP contribution in [-0.4, -0.2) is 42.4 Å². The highest BCUT2D eigenvalue weighted by atomic mass is 35.5. The van der Waals surface area contributed by atoms with Gasteiger partial charge in [0, 0.05) is 11.6 Å². The molecular weight excluding hydrogens is 393 g/mol. The van der Waals surface area contributed by atoms with Crippen LogP contribution in [0.4, 0.5) is 0 Å². The van der Waals surface area contributed by atoms with Crippen LogP contribution in [0.1, 0.15) is 27.1 Å². The topological polar surface area (TPSA) is 72.9 Å². The highest BCUT2D eigenvalue weighted by Gasteiger charge is 2.34. The third-order valence-electron chi connectivity index (χ3n) is 3.91. The fraction of sp³-hybridized carbons (Fsp3) is 0.211. The minimum absolute atomic E-state index is 0.0595. The molecule has 140 valence electrons. The zero-order valence-electron chi connectivity index (χ0n) is 14.1. The number of imide groups is 1. The highest BCUT2D eigenvalue weighted by Crippen LogP contribution is 2.27. The second kappa shape index (κ2) is 8.41. The first-order valence-electron chi connectivity index (χ1n) is 8.16. The van der Waals surface area contributed by atoms with Crippen molar-refractivity contribution >= 4 is 41.0 Å². The van der Waals surface area contributed by atoms with E-state index < -0.39 is 5.97 Å². The van der Waals surface area contributed by atoms with Gasteiger partial charge in [0.1, 0.15) is 5.75 Å². The fourth-order valence-electron chi connectivity index (χ4n) is 2.62. The molecule has 0 saturated heterocycles. The van der Waals surface area contributed by atoms with Gasteiger partial charge in [-0.25, -0.2) is 4.79 Å². The molecule has 2 amide bonds. The summed E-state index contributed by atoms with van der Waals surface area (Å²) in [5.41, 5.74) is 0.792. The molecule has 0 atom stereocenters. The summed E-state index contributed by atoms with van der Waals surface area (Å²) >= 11 is 11.7. The summed E-state index contributed by atoms with van der Waals surface area (Å²) in [6.07, 6.45) is 0.332. The Bertz CT molecular complexity index is 864. The second-order valence-corrected chi connectivity index (χ2v) is 6.59. The van der Waals surface area contributed by atoms with Crippen molar-refractivity contribution in [3.05, 3.63) is 63.6 Å². The third kappa shape index (κ3) is 4.40. The van der Waals surface area contributed by atoms with Gasteiger partial charge in [0.15, 0.2) is 6.61 Å². The Balaban J connectivity index is 1.41. The minimum Gasteiger partial charge on any atom is -0.480 e. The number of halogens is 2. The van der Waals surface area contributed by atoms with Crippen molar-refractivity contribution in [3.63, 3.8) is 0 Å². The Kier molecular flexibility index (Phi) is 5.98. The van der Waals surface area contributed by atoms with E-state index >= 15 is 0 Å². The summed E-state index contributed by atoms with van der Waals surface area (Å²) in [6.45, 7) is -0.0815. The van der Waals surface area contributed by atoms with Gasteiger partial charge in [-0.15, -0.1) is 0 Å². The number of benzene rings is 2. The van der Waals surface area contributed by atoms with Crippen molar-refractivity contribution in [2.75, 3.05) is 19.8 Å². The maximum Gasteiger partial charge on any atom is 0.344 e. The molecule has 1 heterocycles. The molecule has 0 fully saturated rings. The summed E-state index contributed by atoms with van der Waals surface area (Å²) in [5.74, 6) is -0.919. The van der Waals surface area contributed by atoms with Crippen LogP contribution in [0.2, 0.25) is 10.0 Å². The quantitative estimate of drug-likeness (QED) is 0.398. The SMILES string of the molecule is O=C(COc1ccc(Cl)cc1Cl)OCCCN1C(=O)c2ccccc2C1=O. The smallest absolute Gasteiger partial charge is 0.344 e. The molecule has 0 bridgehead atoms. The molecular formula is C19H15Cl2NO5. The number of hydrogen-bond acceptors (Lipinski definition) is 5. The van der Waals surface area contributed by atoms with Gasteiger partial charge in [-0.2, -0.15) is 0 Å². The Labute approximate surface area is 165 Å². The van der Waals surface area contributed by atoms with E-state index in [4.69, 9.17) is 32.7 Å². The Morgan fingerprint density at radius 3 is 2.30 bits per heavy atom. The lowest BCUT2D eigenvalue weighted by atomic mass is 10.1. The molecule has 8 heteroatoms. The largest absolute Gasteiger partial charge is 0.480 e. The Morgan fingerprint density at radius 1 is 1.00 bits per heavy atom. The monoisotopic (exact) mass is 407 g/mol. The number of ether oxygens (including phenoxy) is 2. The van der Waals surface area contributed by atoms with Gasteiger partial charge in [0.05, 0.1) is 22.8 Å². The van der Waals surface area contributed by atoms with E-state index in [1.165, 1.54) is 6.07 Å². The third-order valence-corrected chi connectivity index (χ3v) is 4.44. The van der Waals surface area contributed by atoms with Gasteiger partial charge in [-0.05, 0) is 36.8 Å². The average Bonchev–Trinajstić information content (AvgIpc) is 2.89. The van der Waals surface area contributed by atoms with Gasteiger partial charge in [-0.1, -0.05) is 35.3 Å². The van der Waals surface area contributed by atoms with Crippen LogP contribution < -0.4 is 4.74 Å². The van der Waals surface area contributed by atoms with Crippen molar-refractivity contribution in [3.8, 4) is 5.75 Å². The van der Waals surface area contributed by atoms with Gasteiger partial charge >= 0.3 is 5.97 Å². The molecule has 0 saturated carbocycles. The van der Waals surface area contributed by atoms with Crippen LogP contribution in [0.25, 0.3) is 0 Å². The maximum absolute atomic E-state index is 12.2. The van der Waals surface area contributed by atoms with Gasteiger partial charge in [0.25, 0.3) is 11.8 Å². The van der Waals surface area contributed by atoms with E-state index in [0.717, 1.165) is 4.90 Å². The highest BCUT2D eigenvalue weighted by molar-refractivity contribution is 6.35. The summed E-state index contributed by atoms with van der Waals surface area (Å²) in [7, 11) is 0. The number of rotatable bonds is 7. The molecule has 0 spiro atoms. The van der Waals surface area contributed by atoms with Crippen molar-refractivity contribution in [1.29, 1.82) is 0 Å². The van der Waals surface area contributed by atoms with Crippen LogP contribution in [0, 0.1) is 0 Å². The second-order valence-electron chi connectivity index (χ2n) is 5.74. The normalized spacial score (nSPS) is 12.9. The molecule has 2 aromatic carbocycles. The lowest BCUT2D eigenvalue weighted by Crippen LogP contribution is -2.31. The van der Waals surface area contributed by atoms with Gasteiger partial charge in [0.2, 0.25) is 0 Å². The van der Waals surface area contributed by atoms with E-state index in [2.05, 4.69) is 0 Å². The number of fused-ring (bicyclic) bond motifs is 1. The molecule has 0 radical (unpaired) electrons. The maximum atomic E-state index is 12.2. The molecule has 1 aliphatic heterocycles. The molecule has 0 N–H and O–H groups in total. The van der Waals surface area contributed by atoms with Crippen LogP contribution >= 0.6 is 23.2 Å². The van der Waals surface area contributed by atoms with Crippen molar-refractivity contribution in [2.24, 2.45) is 0 Å². The summed E-state index contributed by atoms with van der Waals surface area (Å²) < 4.78 is 10.3. The predicted molar refractivity (Wildman–Crippen MR) is 99.3 cm³/mol. The number of carbonyl (C=O) groups excluding carboxylic acids is 3. The van der Waals surface area contributed by atoms with E-state index in [1.54, 1.807) is 36.4 Å². The molecule has 3 rings (SSSR count). The predicted octanol–water partition coefficient (Wildman–Crippen LogP) is 3.60. The Morgan fingerprint density at radius 2 is 1.67 bits per heavy atom. The number of hydrogen-bond donors (Lipinski definition) is 0. The lowest BCUT2D eigenvalue weighted by Gasteiger charge is -2.13. The van der Waals surface area contributed by atoms with Crippen LogP contribution in [0.5, 0.6) is 5.75 Å². The molecule has 6 nitrogen and oxygen atoms in total. The minimum atomic E-state index is -0.580. The van der Waals surface area contributed by atoms with E-state index in [0.29, 0.717) is 33.3 Å². The average molecular weight is 408 g/mol. The van der Waals surface area contributed by atoms with Gasteiger partial charge in [-0.3, -0.25) is 14.5 Å². The standard InChI is InChI=1S/C19H15Cl2NO5/c20-12-6-7-16(15(21)10-12)27-11-17(23)26-9-3-8-22-18(24)13-4-1-2-5-14(13)19(22)25/h1-2,4-7,10H,3,8-9,11H2. The van der Waals surface area contributed by atoms with Crippen LogP contribution in [-0.2, 0) is 9.53 Å². The van der Waals surface area contributed by atoms with Crippen LogP contribution in [0.3, 0.4) is 0 Å². The summed E-state index contributed by atoms with van der Waals surface area (Å²) in [6, 6.07) is 11.3. The molecule has 0 aromatic heterocycles. The zero-order valence-corrected chi connectivity index (χ0v) is 15.6. The van der Waals surface area contributed by atoms with Crippen molar-refractivity contribution < 1.29 is 23.9 Å². The van der Waals surface area contributed by atoms with E-state index in [-0.39, 0.29) is 31.6 Å². The zero-order chi connectivity index (χ0) is 19.4. The Hall–Kier alpha value is -2.57. The molecule has 1 aliphatic rings. The summed E-state index contributed by atoms with van der Waals surface area (Å²) in [4.78, 5) is 37.3. The van der Waals surface area contributed by atoms with Crippen LogP contribution in [0.15, 0.2) is 42.5 Å². The first-order chi connectivity index (χ1) is 13.0. The van der Waals surface area contributed by atoms with Crippen molar-refractivity contribution in [1.82, 2.24) is 4.90 Å². The molecule has 0 unspecified atom stereocenters. The number of amides is 2. The van der Waals surface area contributed by atoms with Gasteiger partial charge < -0.3 is 9.47 Å². The number of carbonyl (C=O) groups is 3. The molecule has 0 aliphatic carbocycles. The molecule has 2 aromatic rings. The first-order valence-corrected chi connectivity index (χ1v) is 8.91. The number of esters is 1.